The molecule has 0 aromatic heterocycles. The molecule has 0 fully saturated rings. The molecule has 0 bridgehead atoms. The summed E-state index contributed by atoms with van der Waals surface area (Å²) in [6, 6.07) is 0. The molecule has 0 rings (SSSR count). The molecule has 6 unspecified atom stereocenters. The van der Waals surface area contributed by atoms with Gasteiger partial charge in [0.05, 0.1) is 12.2 Å². The highest BCUT2D eigenvalue weighted by Gasteiger charge is 2.31. The molecule has 116 valence electrons. The summed E-state index contributed by atoms with van der Waals surface area (Å²) in [6.07, 6.45) is 4.49. The second-order valence-electron chi connectivity index (χ2n) is 6.51. The number of hydrogen-bond donors (Lipinski definition) is 2. The quantitative estimate of drug-likeness (QED) is 0.624. The van der Waals surface area contributed by atoms with Crippen LogP contribution in [0.2, 0.25) is 0 Å². The third-order valence-electron chi connectivity index (χ3n) is 4.97. The lowest BCUT2D eigenvalue weighted by atomic mass is 9.79. The van der Waals surface area contributed by atoms with Gasteiger partial charge < -0.3 is 10.2 Å². The Kier molecular flexibility index (Phi) is 9.72. The van der Waals surface area contributed by atoms with Crippen molar-refractivity contribution >= 4 is 0 Å². The number of aliphatic hydroxyl groups excluding tert-OH is 2. The summed E-state index contributed by atoms with van der Waals surface area (Å²) in [6.45, 7) is 12.8. The molecule has 0 spiro atoms. The first-order valence-corrected chi connectivity index (χ1v) is 8.24. The maximum atomic E-state index is 10.5. The van der Waals surface area contributed by atoms with Crippen molar-refractivity contribution in [3.05, 3.63) is 0 Å². The Labute approximate surface area is 120 Å². The minimum Gasteiger partial charge on any atom is -0.392 e. The molecule has 0 saturated heterocycles. The summed E-state index contributed by atoms with van der Waals surface area (Å²) in [5, 5.41) is 20.9. The van der Waals surface area contributed by atoms with Crippen LogP contribution in [0.1, 0.15) is 73.6 Å². The van der Waals surface area contributed by atoms with Crippen molar-refractivity contribution in [3.8, 4) is 0 Å². The van der Waals surface area contributed by atoms with Crippen LogP contribution in [0.25, 0.3) is 0 Å². The van der Waals surface area contributed by atoms with Gasteiger partial charge in [0.15, 0.2) is 0 Å². The zero-order valence-corrected chi connectivity index (χ0v) is 13.9. The van der Waals surface area contributed by atoms with E-state index in [1.165, 1.54) is 12.8 Å². The second kappa shape index (κ2) is 9.77. The predicted octanol–water partition coefficient (Wildman–Crippen LogP) is 4.24. The molecule has 2 heteroatoms. The molecule has 0 aliphatic carbocycles. The number of aliphatic hydroxyl groups is 2. The summed E-state index contributed by atoms with van der Waals surface area (Å²) >= 11 is 0. The van der Waals surface area contributed by atoms with Gasteiger partial charge >= 0.3 is 0 Å². The largest absolute Gasteiger partial charge is 0.392 e. The van der Waals surface area contributed by atoms with Crippen LogP contribution in [-0.2, 0) is 0 Å². The van der Waals surface area contributed by atoms with Gasteiger partial charge in [-0.15, -0.1) is 0 Å². The zero-order valence-electron chi connectivity index (χ0n) is 13.9. The molecule has 0 aromatic carbocycles. The van der Waals surface area contributed by atoms with E-state index in [1.807, 2.05) is 0 Å². The topological polar surface area (TPSA) is 40.5 Å². The molecule has 0 aromatic rings. The van der Waals surface area contributed by atoms with E-state index in [0.717, 1.165) is 25.2 Å². The van der Waals surface area contributed by atoms with Crippen molar-refractivity contribution in [3.63, 3.8) is 0 Å². The van der Waals surface area contributed by atoms with E-state index >= 15 is 0 Å². The summed E-state index contributed by atoms with van der Waals surface area (Å²) in [5.74, 6) is 1.29. The number of hydrogen-bond acceptors (Lipinski definition) is 2. The van der Waals surface area contributed by atoms with Crippen molar-refractivity contribution < 1.29 is 10.2 Å². The van der Waals surface area contributed by atoms with Crippen molar-refractivity contribution in [2.45, 2.75) is 85.9 Å². The maximum absolute atomic E-state index is 10.5. The van der Waals surface area contributed by atoms with Gasteiger partial charge in [0, 0.05) is 5.92 Å². The lowest BCUT2D eigenvalue weighted by molar-refractivity contribution is -0.0410. The smallest absolute Gasteiger partial charge is 0.0618 e. The molecule has 0 radical (unpaired) electrons. The first-order valence-electron chi connectivity index (χ1n) is 8.24. The third-order valence-corrected chi connectivity index (χ3v) is 4.97. The first kappa shape index (κ1) is 18.9. The standard InChI is InChI=1S/C17H36O2/c1-7-12(4)10-11-14(6)17(19)15(9-3)16(18)13(5)8-2/h12-19H,7-11H2,1-6H3. The average Bonchev–Trinajstić information content (AvgIpc) is 2.43. The summed E-state index contributed by atoms with van der Waals surface area (Å²) in [5.41, 5.74) is 0. The molecule has 0 amide bonds. The molecule has 0 aliphatic rings. The van der Waals surface area contributed by atoms with Gasteiger partial charge in [-0.1, -0.05) is 60.8 Å². The van der Waals surface area contributed by atoms with E-state index in [0.29, 0.717) is 0 Å². The van der Waals surface area contributed by atoms with Crippen LogP contribution in [0.5, 0.6) is 0 Å². The predicted molar refractivity (Wildman–Crippen MR) is 83.1 cm³/mol. The summed E-state index contributed by atoms with van der Waals surface area (Å²) in [4.78, 5) is 0. The average molecular weight is 272 g/mol. The fourth-order valence-electron chi connectivity index (χ4n) is 2.69. The molecule has 6 atom stereocenters. The Bertz CT molecular complexity index is 217. The SMILES string of the molecule is CCC(C)CCC(C)C(O)C(CC)C(O)C(C)CC. The van der Waals surface area contributed by atoms with Crippen LogP contribution in [0.3, 0.4) is 0 Å². The molecule has 0 heterocycles. The molecule has 0 aliphatic heterocycles. The van der Waals surface area contributed by atoms with E-state index < -0.39 is 0 Å². The Balaban J connectivity index is 4.43. The highest BCUT2D eigenvalue weighted by molar-refractivity contribution is 4.81. The van der Waals surface area contributed by atoms with E-state index in [4.69, 9.17) is 0 Å². The van der Waals surface area contributed by atoms with E-state index in [-0.39, 0.29) is 30.0 Å². The van der Waals surface area contributed by atoms with Gasteiger partial charge in [-0.2, -0.15) is 0 Å². The lowest BCUT2D eigenvalue weighted by Gasteiger charge is -2.33. The lowest BCUT2D eigenvalue weighted by Crippen LogP contribution is -2.39. The molecule has 0 saturated carbocycles. The Morgan fingerprint density at radius 2 is 1.21 bits per heavy atom. The Morgan fingerprint density at radius 1 is 0.684 bits per heavy atom. The van der Waals surface area contributed by atoms with Gasteiger partial charge in [-0.05, 0) is 30.6 Å². The summed E-state index contributed by atoms with van der Waals surface area (Å²) in [7, 11) is 0. The van der Waals surface area contributed by atoms with Gasteiger partial charge in [-0.3, -0.25) is 0 Å². The van der Waals surface area contributed by atoms with Crippen LogP contribution < -0.4 is 0 Å². The zero-order chi connectivity index (χ0) is 15.0. The fraction of sp³-hybridized carbons (Fsp3) is 1.00. The minimum atomic E-state index is -0.379. The maximum Gasteiger partial charge on any atom is 0.0618 e. The fourth-order valence-corrected chi connectivity index (χ4v) is 2.69. The van der Waals surface area contributed by atoms with Gasteiger partial charge in [-0.25, -0.2) is 0 Å². The molecule has 2 nitrogen and oxygen atoms in total. The molecule has 2 N–H and O–H groups in total. The molecular weight excluding hydrogens is 236 g/mol. The van der Waals surface area contributed by atoms with E-state index in [1.54, 1.807) is 0 Å². The van der Waals surface area contributed by atoms with Crippen molar-refractivity contribution in [1.29, 1.82) is 0 Å². The summed E-state index contributed by atoms with van der Waals surface area (Å²) < 4.78 is 0. The number of rotatable bonds is 10. The van der Waals surface area contributed by atoms with Crippen molar-refractivity contribution in [2.24, 2.45) is 23.7 Å². The van der Waals surface area contributed by atoms with Gasteiger partial charge in [0.2, 0.25) is 0 Å². The van der Waals surface area contributed by atoms with Crippen LogP contribution in [-0.4, -0.2) is 22.4 Å². The van der Waals surface area contributed by atoms with Gasteiger partial charge in [0.25, 0.3) is 0 Å². The van der Waals surface area contributed by atoms with Crippen molar-refractivity contribution in [2.75, 3.05) is 0 Å². The Morgan fingerprint density at radius 3 is 1.63 bits per heavy atom. The minimum absolute atomic E-state index is 0.0156. The van der Waals surface area contributed by atoms with E-state index in [9.17, 15) is 10.2 Å². The molecular formula is C17H36O2. The van der Waals surface area contributed by atoms with Crippen LogP contribution >= 0.6 is 0 Å². The monoisotopic (exact) mass is 272 g/mol. The third kappa shape index (κ3) is 6.27. The normalized spacial score (nSPS) is 21.5. The highest BCUT2D eigenvalue weighted by atomic mass is 16.3. The second-order valence-corrected chi connectivity index (χ2v) is 6.51. The highest BCUT2D eigenvalue weighted by Crippen LogP contribution is 2.28. The molecule has 19 heavy (non-hydrogen) atoms. The Hall–Kier alpha value is -0.0800. The first-order chi connectivity index (χ1) is 8.88. The van der Waals surface area contributed by atoms with Crippen molar-refractivity contribution in [1.82, 2.24) is 0 Å². The van der Waals surface area contributed by atoms with Crippen LogP contribution in [0, 0.1) is 23.7 Å². The van der Waals surface area contributed by atoms with Gasteiger partial charge in [0.1, 0.15) is 0 Å². The van der Waals surface area contributed by atoms with E-state index in [2.05, 4.69) is 41.5 Å². The van der Waals surface area contributed by atoms with Crippen LogP contribution in [0.4, 0.5) is 0 Å². The van der Waals surface area contributed by atoms with Crippen LogP contribution in [0.15, 0.2) is 0 Å².